The maximum Gasteiger partial charge on any atom is 0.312 e. The van der Waals surface area contributed by atoms with E-state index in [1.807, 2.05) is 12.1 Å². The number of ether oxygens (including phenoxy) is 1. The molecule has 0 heterocycles. The molecule has 0 bridgehead atoms. The van der Waals surface area contributed by atoms with E-state index in [1.54, 1.807) is 12.1 Å². The first-order valence-electron chi connectivity index (χ1n) is 7.73. The molecule has 0 aromatic heterocycles. The molecule has 1 atom stereocenters. The number of nitrogens with one attached hydrogen (secondary N) is 1. The van der Waals surface area contributed by atoms with Crippen LogP contribution in [0.4, 0.5) is 11.4 Å². The molecule has 1 N–H and O–H groups in total. The van der Waals surface area contributed by atoms with Gasteiger partial charge in [0.25, 0.3) is 10.0 Å². The summed E-state index contributed by atoms with van der Waals surface area (Å²) in [5.41, 5.74) is 1.11. The third-order valence-corrected chi connectivity index (χ3v) is 5.38. The van der Waals surface area contributed by atoms with Gasteiger partial charge in [0.2, 0.25) is 0 Å². The summed E-state index contributed by atoms with van der Waals surface area (Å²) in [6, 6.07) is 10.6. The summed E-state index contributed by atoms with van der Waals surface area (Å²) in [6.07, 6.45) is 0.987. The molecule has 1 unspecified atom stereocenters. The molecule has 134 valence electrons. The zero-order chi connectivity index (χ0) is 18.6. The molecule has 0 amide bonds. The second-order valence-electron chi connectivity index (χ2n) is 5.63. The normalized spacial score (nSPS) is 12.4. The number of methoxy groups -OCH3 is 1. The van der Waals surface area contributed by atoms with E-state index in [0.29, 0.717) is 11.6 Å². The fourth-order valence-electron chi connectivity index (χ4n) is 2.31. The van der Waals surface area contributed by atoms with Gasteiger partial charge in [-0.3, -0.25) is 14.8 Å². The third-order valence-electron chi connectivity index (χ3n) is 4.00. The Hall–Kier alpha value is -2.61. The molecule has 2 aromatic rings. The predicted molar refractivity (Wildman–Crippen MR) is 95.6 cm³/mol. The van der Waals surface area contributed by atoms with Gasteiger partial charge < -0.3 is 4.74 Å². The van der Waals surface area contributed by atoms with Crippen LogP contribution in [0, 0.1) is 10.1 Å². The summed E-state index contributed by atoms with van der Waals surface area (Å²) in [5.74, 6) is 0.386. The fourth-order valence-corrected chi connectivity index (χ4v) is 3.39. The van der Waals surface area contributed by atoms with Crippen molar-refractivity contribution in [1.29, 1.82) is 0 Å². The minimum Gasteiger partial charge on any atom is -0.490 e. The number of hydrogen-bond donors (Lipinski definition) is 1. The number of anilines is 1. The molecule has 2 rings (SSSR count). The monoisotopic (exact) mass is 364 g/mol. The van der Waals surface area contributed by atoms with Crippen LogP contribution in [-0.2, 0) is 10.0 Å². The quantitative estimate of drug-likeness (QED) is 0.593. The van der Waals surface area contributed by atoms with E-state index in [4.69, 9.17) is 4.74 Å². The minimum atomic E-state index is -3.94. The largest absolute Gasteiger partial charge is 0.490 e. The highest BCUT2D eigenvalue weighted by atomic mass is 32.2. The van der Waals surface area contributed by atoms with Crippen LogP contribution in [-0.4, -0.2) is 20.5 Å². The van der Waals surface area contributed by atoms with Crippen LogP contribution in [0.15, 0.2) is 47.4 Å². The third kappa shape index (κ3) is 4.27. The lowest BCUT2D eigenvalue weighted by Crippen LogP contribution is -2.13. The molecule has 0 aliphatic heterocycles. The standard InChI is InChI=1S/C17H20N2O5S/c1-4-12(2)13-5-7-14(8-6-13)18-25(22,23)15-9-10-17(24-3)16(11-15)19(20)21/h5-12,18H,4H2,1-3H3. The highest BCUT2D eigenvalue weighted by Gasteiger charge is 2.22. The van der Waals surface area contributed by atoms with Gasteiger partial charge >= 0.3 is 5.69 Å². The molecule has 25 heavy (non-hydrogen) atoms. The number of nitrogens with zero attached hydrogens (tertiary/aromatic N) is 1. The Labute approximate surface area is 146 Å². The first-order valence-corrected chi connectivity index (χ1v) is 9.22. The van der Waals surface area contributed by atoms with Crippen molar-refractivity contribution in [3.63, 3.8) is 0 Å². The fraction of sp³-hybridized carbons (Fsp3) is 0.294. The van der Waals surface area contributed by atoms with E-state index >= 15 is 0 Å². The lowest BCUT2D eigenvalue weighted by atomic mass is 9.99. The molecular formula is C17H20N2O5S. The number of sulfonamides is 1. The van der Waals surface area contributed by atoms with Crippen molar-refractivity contribution >= 4 is 21.4 Å². The Morgan fingerprint density at radius 2 is 1.84 bits per heavy atom. The maximum atomic E-state index is 12.5. The molecule has 7 nitrogen and oxygen atoms in total. The highest BCUT2D eigenvalue weighted by molar-refractivity contribution is 7.92. The number of hydrogen-bond acceptors (Lipinski definition) is 5. The van der Waals surface area contributed by atoms with Gasteiger partial charge in [-0.15, -0.1) is 0 Å². The van der Waals surface area contributed by atoms with Crippen LogP contribution in [0.25, 0.3) is 0 Å². The van der Waals surface area contributed by atoms with Crippen molar-refractivity contribution < 1.29 is 18.1 Å². The maximum absolute atomic E-state index is 12.5. The van der Waals surface area contributed by atoms with Gasteiger partial charge in [-0.2, -0.15) is 0 Å². The molecule has 0 saturated heterocycles. The van der Waals surface area contributed by atoms with Gasteiger partial charge in [0.15, 0.2) is 5.75 Å². The molecule has 0 spiro atoms. The number of nitro benzene ring substituents is 1. The van der Waals surface area contributed by atoms with Crippen LogP contribution < -0.4 is 9.46 Å². The van der Waals surface area contributed by atoms with E-state index in [0.717, 1.165) is 18.1 Å². The Balaban J connectivity index is 2.30. The Morgan fingerprint density at radius 3 is 2.36 bits per heavy atom. The molecular weight excluding hydrogens is 344 g/mol. The molecule has 0 aliphatic carbocycles. The van der Waals surface area contributed by atoms with E-state index in [2.05, 4.69) is 18.6 Å². The van der Waals surface area contributed by atoms with Crippen LogP contribution >= 0.6 is 0 Å². The highest BCUT2D eigenvalue weighted by Crippen LogP contribution is 2.30. The summed E-state index contributed by atoms with van der Waals surface area (Å²) in [6.45, 7) is 4.17. The first kappa shape index (κ1) is 18.7. The van der Waals surface area contributed by atoms with Crippen molar-refractivity contribution in [3.05, 3.63) is 58.1 Å². The van der Waals surface area contributed by atoms with Gasteiger partial charge in [-0.25, -0.2) is 8.42 Å². The van der Waals surface area contributed by atoms with E-state index in [1.165, 1.54) is 19.2 Å². The van der Waals surface area contributed by atoms with Gasteiger partial charge in [0.1, 0.15) is 0 Å². The zero-order valence-corrected chi connectivity index (χ0v) is 15.0. The van der Waals surface area contributed by atoms with Crippen molar-refractivity contribution in [2.45, 2.75) is 31.1 Å². The smallest absolute Gasteiger partial charge is 0.312 e. The topological polar surface area (TPSA) is 98.5 Å². The Morgan fingerprint density at radius 1 is 1.20 bits per heavy atom. The van der Waals surface area contributed by atoms with Gasteiger partial charge in [0.05, 0.1) is 16.9 Å². The molecule has 0 fully saturated rings. The van der Waals surface area contributed by atoms with Crippen LogP contribution in [0.5, 0.6) is 5.75 Å². The van der Waals surface area contributed by atoms with Crippen LogP contribution in [0.3, 0.4) is 0 Å². The summed E-state index contributed by atoms with van der Waals surface area (Å²) in [7, 11) is -2.66. The van der Waals surface area contributed by atoms with Crippen molar-refractivity contribution in [3.8, 4) is 5.75 Å². The van der Waals surface area contributed by atoms with E-state index in [9.17, 15) is 18.5 Å². The minimum absolute atomic E-state index is 0.00172. The van der Waals surface area contributed by atoms with Crippen LogP contribution in [0.1, 0.15) is 31.7 Å². The van der Waals surface area contributed by atoms with Crippen molar-refractivity contribution in [2.24, 2.45) is 0 Å². The predicted octanol–water partition coefficient (Wildman–Crippen LogP) is 3.92. The van der Waals surface area contributed by atoms with E-state index in [-0.39, 0.29) is 10.6 Å². The van der Waals surface area contributed by atoms with E-state index < -0.39 is 20.6 Å². The summed E-state index contributed by atoms with van der Waals surface area (Å²) >= 11 is 0. The molecule has 8 heteroatoms. The summed E-state index contributed by atoms with van der Waals surface area (Å²) in [5, 5.41) is 11.1. The SMILES string of the molecule is CCC(C)c1ccc(NS(=O)(=O)c2ccc(OC)c([N+](=O)[O-])c2)cc1. The molecule has 0 aliphatic rings. The van der Waals surface area contributed by atoms with Gasteiger partial charge in [0, 0.05) is 11.8 Å². The van der Waals surface area contributed by atoms with Crippen molar-refractivity contribution in [1.82, 2.24) is 0 Å². The lowest BCUT2D eigenvalue weighted by molar-refractivity contribution is -0.386. The average Bonchev–Trinajstić information content (AvgIpc) is 2.60. The second kappa shape index (κ2) is 7.52. The zero-order valence-electron chi connectivity index (χ0n) is 14.2. The molecule has 0 saturated carbocycles. The number of rotatable bonds is 7. The average molecular weight is 364 g/mol. The Bertz CT molecular complexity index is 863. The molecule has 2 aromatic carbocycles. The summed E-state index contributed by atoms with van der Waals surface area (Å²) in [4.78, 5) is 10.2. The second-order valence-corrected chi connectivity index (χ2v) is 7.31. The Kier molecular flexibility index (Phi) is 5.63. The number of nitro groups is 1. The first-order chi connectivity index (χ1) is 11.8. The summed E-state index contributed by atoms with van der Waals surface area (Å²) < 4.78 is 32.3. The van der Waals surface area contributed by atoms with Crippen LogP contribution in [0.2, 0.25) is 0 Å². The molecule has 0 radical (unpaired) electrons. The van der Waals surface area contributed by atoms with Gasteiger partial charge in [-0.1, -0.05) is 26.0 Å². The van der Waals surface area contributed by atoms with Gasteiger partial charge in [-0.05, 0) is 42.2 Å². The lowest BCUT2D eigenvalue weighted by Gasteiger charge is -2.12. The number of benzene rings is 2. The van der Waals surface area contributed by atoms with Crippen molar-refractivity contribution in [2.75, 3.05) is 11.8 Å².